The topological polar surface area (TPSA) is 35.5 Å². The van der Waals surface area contributed by atoms with Crippen molar-refractivity contribution in [3.63, 3.8) is 0 Å². The highest BCUT2D eigenvalue weighted by atomic mass is 32.1. The lowest BCUT2D eigenvalue weighted by Crippen LogP contribution is -2.36. The van der Waals surface area contributed by atoms with Gasteiger partial charge < -0.3 is 15.3 Å². The number of anilines is 1. The van der Waals surface area contributed by atoms with Crippen LogP contribution in [0.4, 0.5) is 10.1 Å². The predicted molar refractivity (Wildman–Crippen MR) is 93.5 cm³/mol. The lowest BCUT2D eigenvalue weighted by atomic mass is 10.1. The van der Waals surface area contributed by atoms with E-state index in [4.69, 9.17) is 0 Å². The second kappa shape index (κ2) is 7.43. The molecular formula is C18H23FN2OS. The molecule has 2 heterocycles. The third-order valence-corrected chi connectivity index (χ3v) is 5.42. The summed E-state index contributed by atoms with van der Waals surface area (Å²) in [5, 5.41) is 15.0. The van der Waals surface area contributed by atoms with Crippen molar-refractivity contribution in [1.29, 1.82) is 0 Å². The molecule has 1 aliphatic heterocycles. The molecule has 0 saturated carbocycles. The lowest BCUT2D eigenvalue weighted by molar-refractivity contribution is 0.145. The Morgan fingerprint density at radius 3 is 2.70 bits per heavy atom. The number of piperidine rings is 1. The first kappa shape index (κ1) is 16.4. The SMILES string of the molecule is Cc1ccsc1CNCc1ccc(N2CCC(O)CC2)c(F)c1. The lowest BCUT2D eigenvalue weighted by Gasteiger charge is -2.31. The minimum Gasteiger partial charge on any atom is -0.393 e. The highest BCUT2D eigenvalue weighted by molar-refractivity contribution is 7.10. The number of halogens is 1. The van der Waals surface area contributed by atoms with Crippen LogP contribution in [-0.2, 0) is 13.1 Å². The zero-order valence-corrected chi connectivity index (χ0v) is 14.2. The molecule has 1 saturated heterocycles. The van der Waals surface area contributed by atoms with Gasteiger partial charge in [-0.1, -0.05) is 6.07 Å². The maximum absolute atomic E-state index is 14.4. The molecule has 2 aromatic rings. The van der Waals surface area contributed by atoms with Crippen LogP contribution in [0, 0.1) is 12.7 Å². The van der Waals surface area contributed by atoms with Crippen LogP contribution in [0.3, 0.4) is 0 Å². The molecular weight excluding hydrogens is 311 g/mol. The van der Waals surface area contributed by atoms with Gasteiger partial charge in [-0.15, -0.1) is 11.3 Å². The Balaban J connectivity index is 1.57. The van der Waals surface area contributed by atoms with Crippen LogP contribution in [0.2, 0.25) is 0 Å². The van der Waals surface area contributed by atoms with Gasteiger partial charge in [0.2, 0.25) is 0 Å². The van der Waals surface area contributed by atoms with E-state index >= 15 is 0 Å². The van der Waals surface area contributed by atoms with Crippen molar-refractivity contribution in [2.24, 2.45) is 0 Å². The van der Waals surface area contributed by atoms with Crippen LogP contribution < -0.4 is 10.2 Å². The molecule has 0 aliphatic carbocycles. The van der Waals surface area contributed by atoms with Crippen molar-refractivity contribution in [3.05, 3.63) is 51.5 Å². The van der Waals surface area contributed by atoms with Crippen molar-refractivity contribution >= 4 is 17.0 Å². The van der Waals surface area contributed by atoms with Gasteiger partial charge in [0.25, 0.3) is 0 Å². The molecule has 3 nitrogen and oxygen atoms in total. The van der Waals surface area contributed by atoms with E-state index < -0.39 is 0 Å². The first-order valence-corrected chi connectivity index (χ1v) is 8.96. The van der Waals surface area contributed by atoms with Gasteiger partial charge in [0.1, 0.15) is 5.82 Å². The smallest absolute Gasteiger partial charge is 0.146 e. The number of hydrogen-bond donors (Lipinski definition) is 2. The van der Waals surface area contributed by atoms with Crippen LogP contribution in [0.1, 0.15) is 28.8 Å². The number of aliphatic hydroxyl groups excluding tert-OH is 1. The van der Waals surface area contributed by atoms with E-state index in [1.165, 1.54) is 10.4 Å². The molecule has 1 aliphatic rings. The van der Waals surface area contributed by atoms with Gasteiger partial charge >= 0.3 is 0 Å². The molecule has 124 valence electrons. The van der Waals surface area contributed by atoms with Gasteiger partial charge in [-0.3, -0.25) is 0 Å². The number of hydrogen-bond acceptors (Lipinski definition) is 4. The number of thiophene rings is 1. The summed E-state index contributed by atoms with van der Waals surface area (Å²) >= 11 is 1.75. The summed E-state index contributed by atoms with van der Waals surface area (Å²) in [4.78, 5) is 3.35. The zero-order chi connectivity index (χ0) is 16.2. The Hall–Kier alpha value is -1.43. The first-order valence-electron chi connectivity index (χ1n) is 8.08. The van der Waals surface area contributed by atoms with E-state index in [0.717, 1.165) is 12.1 Å². The summed E-state index contributed by atoms with van der Waals surface area (Å²) in [6, 6.07) is 7.58. The van der Waals surface area contributed by atoms with Crippen molar-refractivity contribution < 1.29 is 9.50 Å². The Labute approximate surface area is 140 Å². The molecule has 23 heavy (non-hydrogen) atoms. The quantitative estimate of drug-likeness (QED) is 0.879. The summed E-state index contributed by atoms with van der Waals surface area (Å²) in [5.41, 5.74) is 2.91. The van der Waals surface area contributed by atoms with E-state index in [-0.39, 0.29) is 11.9 Å². The Morgan fingerprint density at radius 2 is 2.04 bits per heavy atom. The molecule has 0 atom stereocenters. The molecule has 0 unspecified atom stereocenters. The van der Waals surface area contributed by atoms with E-state index in [0.29, 0.717) is 38.2 Å². The highest BCUT2D eigenvalue weighted by Crippen LogP contribution is 2.24. The largest absolute Gasteiger partial charge is 0.393 e. The fourth-order valence-corrected chi connectivity index (χ4v) is 3.80. The minimum absolute atomic E-state index is 0.173. The molecule has 2 N–H and O–H groups in total. The zero-order valence-electron chi connectivity index (χ0n) is 13.4. The first-order chi connectivity index (χ1) is 11.1. The summed E-state index contributed by atoms with van der Waals surface area (Å²) in [5.74, 6) is -0.173. The van der Waals surface area contributed by atoms with Crippen LogP contribution in [0.15, 0.2) is 29.6 Å². The third kappa shape index (κ3) is 4.10. The molecule has 0 spiro atoms. The number of benzene rings is 1. The molecule has 0 radical (unpaired) electrons. The third-order valence-electron chi connectivity index (χ3n) is 4.40. The Kier molecular flexibility index (Phi) is 5.30. The summed E-state index contributed by atoms with van der Waals surface area (Å²) in [6.45, 7) is 5.02. The van der Waals surface area contributed by atoms with Crippen molar-refractivity contribution in [2.45, 2.75) is 39.0 Å². The van der Waals surface area contributed by atoms with Gasteiger partial charge in [0.05, 0.1) is 11.8 Å². The molecule has 1 aromatic heterocycles. The van der Waals surface area contributed by atoms with E-state index in [2.05, 4.69) is 23.7 Å². The van der Waals surface area contributed by atoms with Gasteiger partial charge in [0, 0.05) is 31.1 Å². The second-order valence-electron chi connectivity index (χ2n) is 6.13. The molecule has 1 aromatic carbocycles. The second-order valence-corrected chi connectivity index (χ2v) is 7.13. The molecule has 3 rings (SSSR count). The number of rotatable bonds is 5. The highest BCUT2D eigenvalue weighted by Gasteiger charge is 2.19. The Bertz CT molecular complexity index is 650. The van der Waals surface area contributed by atoms with E-state index in [9.17, 15) is 9.50 Å². The van der Waals surface area contributed by atoms with Gasteiger partial charge in [-0.2, -0.15) is 0 Å². The average Bonchev–Trinajstić information content (AvgIpc) is 2.94. The van der Waals surface area contributed by atoms with Gasteiger partial charge in [-0.25, -0.2) is 4.39 Å². The maximum atomic E-state index is 14.4. The molecule has 1 fully saturated rings. The molecule has 0 bridgehead atoms. The normalized spacial score (nSPS) is 16.0. The fraction of sp³-hybridized carbons (Fsp3) is 0.444. The van der Waals surface area contributed by atoms with Crippen molar-refractivity contribution in [2.75, 3.05) is 18.0 Å². The summed E-state index contributed by atoms with van der Waals surface area (Å²) in [6.07, 6.45) is 1.18. The summed E-state index contributed by atoms with van der Waals surface area (Å²) < 4.78 is 14.4. The van der Waals surface area contributed by atoms with Crippen LogP contribution in [0.25, 0.3) is 0 Å². The summed E-state index contributed by atoms with van der Waals surface area (Å²) in [7, 11) is 0. The molecule has 0 amide bonds. The standard InChI is InChI=1S/C18H23FN2OS/c1-13-6-9-23-18(13)12-20-11-14-2-3-17(16(19)10-14)21-7-4-15(22)5-8-21/h2-3,6,9-10,15,20,22H,4-5,7-8,11-12H2,1H3. The fourth-order valence-electron chi connectivity index (χ4n) is 2.93. The minimum atomic E-state index is -0.238. The number of aliphatic hydroxyl groups is 1. The Morgan fingerprint density at radius 1 is 1.26 bits per heavy atom. The van der Waals surface area contributed by atoms with Crippen molar-refractivity contribution in [1.82, 2.24) is 5.32 Å². The molecule has 5 heteroatoms. The van der Waals surface area contributed by atoms with E-state index in [1.807, 2.05) is 17.0 Å². The maximum Gasteiger partial charge on any atom is 0.146 e. The monoisotopic (exact) mass is 334 g/mol. The number of nitrogens with one attached hydrogen (secondary N) is 1. The van der Waals surface area contributed by atoms with Gasteiger partial charge in [0.15, 0.2) is 0 Å². The number of aryl methyl sites for hydroxylation is 1. The van der Waals surface area contributed by atoms with Crippen LogP contribution in [-0.4, -0.2) is 24.3 Å². The van der Waals surface area contributed by atoms with Gasteiger partial charge in [-0.05, 0) is 54.5 Å². The van der Waals surface area contributed by atoms with Crippen molar-refractivity contribution in [3.8, 4) is 0 Å². The van der Waals surface area contributed by atoms with Crippen LogP contribution >= 0.6 is 11.3 Å². The van der Waals surface area contributed by atoms with E-state index in [1.54, 1.807) is 17.4 Å². The number of nitrogens with zero attached hydrogens (tertiary/aromatic N) is 1. The predicted octanol–water partition coefficient (Wildman–Crippen LogP) is 3.45. The van der Waals surface area contributed by atoms with Crippen LogP contribution in [0.5, 0.6) is 0 Å². The average molecular weight is 334 g/mol.